The molecule has 0 spiro atoms. The molecule has 1 aromatic rings. The first-order valence-electron chi connectivity index (χ1n) is 6.52. The summed E-state index contributed by atoms with van der Waals surface area (Å²) in [5.74, 6) is 0. The third-order valence-electron chi connectivity index (χ3n) is 3.06. The number of carbonyl (C=O) groups excluding carboxylic acids is 1. The number of amides is 1. The summed E-state index contributed by atoms with van der Waals surface area (Å²) in [4.78, 5) is 13.7. The van der Waals surface area contributed by atoms with Crippen molar-refractivity contribution in [2.24, 2.45) is 0 Å². The molecule has 0 unspecified atom stereocenters. The minimum atomic E-state index is -0.451. The number of carbonyl (C=O) groups is 1. The van der Waals surface area contributed by atoms with Crippen LogP contribution in [-0.2, 0) is 4.74 Å². The Kier molecular flexibility index (Phi) is 4.73. The standard InChI is InChI=1S/C12H18Br2N4O2/c1-12(2,3)20-11(19)17-6-4-8(5-7-17)18-10(14)9(13)15-16-18/h8H,4-7H2,1-3H3. The smallest absolute Gasteiger partial charge is 0.410 e. The minimum Gasteiger partial charge on any atom is -0.444 e. The Bertz CT molecular complexity index is 490. The van der Waals surface area contributed by atoms with Gasteiger partial charge >= 0.3 is 6.09 Å². The highest BCUT2D eigenvalue weighted by Crippen LogP contribution is 2.29. The van der Waals surface area contributed by atoms with Gasteiger partial charge in [0.25, 0.3) is 0 Å². The Balaban J connectivity index is 1.93. The normalized spacial score (nSPS) is 17.4. The van der Waals surface area contributed by atoms with Crippen molar-refractivity contribution in [2.75, 3.05) is 13.1 Å². The number of nitrogens with zero attached hydrogens (tertiary/aromatic N) is 4. The van der Waals surface area contributed by atoms with E-state index in [4.69, 9.17) is 4.74 Å². The van der Waals surface area contributed by atoms with Crippen molar-refractivity contribution in [3.05, 3.63) is 9.21 Å². The Morgan fingerprint density at radius 2 is 1.90 bits per heavy atom. The fourth-order valence-corrected chi connectivity index (χ4v) is 2.81. The van der Waals surface area contributed by atoms with Crippen LogP contribution in [0, 0.1) is 0 Å². The third kappa shape index (κ3) is 3.72. The molecule has 6 nitrogen and oxygen atoms in total. The third-order valence-corrected chi connectivity index (χ3v) is 4.87. The minimum absolute atomic E-state index is 0.241. The van der Waals surface area contributed by atoms with Crippen LogP contribution >= 0.6 is 31.9 Å². The number of hydrogen-bond acceptors (Lipinski definition) is 4. The van der Waals surface area contributed by atoms with Crippen LogP contribution in [0.1, 0.15) is 39.7 Å². The zero-order valence-corrected chi connectivity index (χ0v) is 14.9. The summed E-state index contributed by atoms with van der Waals surface area (Å²) in [6.07, 6.45) is 1.44. The van der Waals surface area contributed by atoms with Gasteiger partial charge in [-0.2, -0.15) is 0 Å². The second-order valence-electron chi connectivity index (χ2n) is 5.81. The number of ether oxygens (including phenoxy) is 1. The van der Waals surface area contributed by atoms with Gasteiger partial charge in [0.2, 0.25) is 0 Å². The van der Waals surface area contributed by atoms with Crippen LogP contribution in [0.2, 0.25) is 0 Å². The van der Waals surface area contributed by atoms with E-state index in [1.807, 2.05) is 25.5 Å². The SMILES string of the molecule is CC(C)(C)OC(=O)N1CCC(n2nnc(Br)c2Br)CC1. The van der Waals surface area contributed by atoms with Crippen LogP contribution in [0.25, 0.3) is 0 Å². The van der Waals surface area contributed by atoms with Crippen LogP contribution in [0.3, 0.4) is 0 Å². The van der Waals surface area contributed by atoms with Gasteiger partial charge in [0.15, 0.2) is 4.60 Å². The molecule has 0 saturated carbocycles. The van der Waals surface area contributed by atoms with Gasteiger partial charge in [0.1, 0.15) is 10.2 Å². The molecule has 0 aromatic carbocycles. The van der Waals surface area contributed by atoms with Crippen molar-refractivity contribution >= 4 is 38.0 Å². The zero-order valence-electron chi connectivity index (χ0n) is 11.8. The molecule has 1 fully saturated rings. The predicted molar refractivity (Wildman–Crippen MR) is 81.5 cm³/mol. The Labute approximate surface area is 135 Å². The van der Waals surface area contributed by atoms with E-state index in [9.17, 15) is 4.79 Å². The number of rotatable bonds is 1. The van der Waals surface area contributed by atoms with E-state index in [2.05, 4.69) is 42.2 Å². The molecule has 2 rings (SSSR count). The molecule has 0 N–H and O–H groups in total. The van der Waals surface area contributed by atoms with E-state index in [0.29, 0.717) is 17.7 Å². The van der Waals surface area contributed by atoms with E-state index >= 15 is 0 Å². The van der Waals surface area contributed by atoms with Gasteiger partial charge < -0.3 is 9.64 Å². The molecular formula is C12H18Br2N4O2. The van der Waals surface area contributed by atoms with E-state index < -0.39 is 5.60 Å². The molecule has 2 heterocycles. The maximum Gasteiger partial charge on any atom is 0.410 e. The van der Waals surface area contributed by atoms with Crippen LogP contribution in [0.15, 0.2) is 9.21 Å². The summed E-state index contributed by atoms with van der Waals surface area (Å²) in [6, 6.07) is 0.252. The highest BCUT2D eigenvalue weighted by atomic mass is 79.9. The average Bonchev–Trinajstić information content (AvgIpc) is 2.68. The number of halogens is 2. The van der Waals surface area contributed by atoms with Crippen LogP contribution in [0.5, 0.6) is 0 Å². The van der Waals surface area contributed by atoms with E-state index in [1.54, 1.807) is 4.90 Å². The molecule has 0 aliphatic carbocycles. The lowest BCUT2D eigenvalue weighted by atomic mass is 10.1. The second kappa shape index (κ2) is 6.01. The monoisotopic (exact) mass is 408 g/mol. The number of hydrogen-bond donors (Lipinski definition) is 0. The number of piperidine rings is 1. The Morgan fingerprint density at radius 1 is 1.30 bits per heavy atom. The van der Waals surface area contributed by atoms with Gasteiger partial charge in [-0.15, -0.1) is 5.10 Å². The molecular weight excluding hydrogens is 392 g/mol. The maximum atomic E-state index is 12.0. The molecule has 0 radical (unpaired) electrons. The first kappa shape index (κ1) is 15.8. The molecule has 1 aromatic heterocycles. The lowest BCUT2D eigenvalue weighted by Crippen LogP contribution is -2.42. The van der Waals surface area contributed by atoms with Crippen molar-refractivity contribution in [3.8, 4) is 0 Å². The average molecular weight is 410 g/mol. The van der Waals surface area contributed by atoms with E-state index in [1.165, 1.54) is 0 Å². The summed E-state index contributed by atoms with van der Waals surface area (Å²) in [7, 11) is 0. The highest BCUT2D eigenvalue weighted by molar-refractivity contribution is 9.13. The molecule has 8 heteroatoms. The van der Waals surface area contributed by atoms with Crippen molar-refractivity contribution < 1.29 is 9.53 Å². The highest BCUT2D eigenvalue weighted by Gasteiger charge is 2.29. The largest absolute Gasteiger partial charge is 0.444 e. The molecule has 1 aliphatic rings. The van der Waals surface area contributed by atoms with Gasteiger partial charge in [0, 0.05) is 13.1 Å². The van der Waals surface area contributed by atoms with Gasteiger partial charge in [-0.3, -0.25) is 0 Å². The maximum absolute atomic E-state index is 12.0. The predicted octanol–water partition coefficient (Wildman–Crippen LogP) is 3.38. The summed E-state index contributed by atoms with van der Waals surface area (Å²) in [5.41, 5.74) is -0.451. The number of likely N-dealkylation sites (tertiary alicyclic amines) is 1. The van der Waals surface area contributed by atoms with Gasteiger partial charge in [-0.1, -0.05) is 5.21 Å². The number of aromatic nitrogens is 3. The molecule has 0 bridgehead atoms. The lowest BCUT2D eigenvalue weighted by molar-refractivity contribution is 0.0183. The molecule has 1 aliphatic heterocycles. The zero-order chi connectivity index (χ0) is 14.9. The fourth-order valence-electron chi connectivity index (χ4n) is 2.12. The van der Waals surface area contributed by atoms with Crippen molar-refractivity contribution in [1.82, 2.24) is 19.9 Å². The molecule has 1 saturated heterocycles. The molecule has 20 heavy (non-hydrogen) atoms. The van der Waals surface area contributed by atoms with E-state index in [-0.39, 0.29) is 12.1 Å². The molecule has 1 amide bonds. The van der Waals surface area contributed by atoms with Crippen LogP contribution in [0.4, 0.5) is 4.79 Å². The van der Waals surface area contributed by atoms with Crippen molar-refractivity contribution in [1.29, 1.82) is 0 Å². The summed E-state index contributed by atoms with van der Waals surface area (Å²) in [6.45, 7) is 6.97. The summed E-state index contributed by atoms with van der Waals surface area (Å²) < 4.78 is 8.78. The first-order chi connectivity index (χ1) is 9.28. The molecule has 0 atom stereocenters. The second-order valence-corrected chi connectivity index (χ2v) is 7.32. The molecule has 112 valence electrons. The van der Waals surface area contributed by atoms with Crippen LogP contribution < -0.4 is 0 Å². The fraction of sp³-hybridized carbons (Fsp3) is 0.750. The van der Waals surface area contributed by atoms with Gasteiger partial charge in [-0.05, 0) is 65.5 Å². The van der Waals surface area contributed by atoms with Crippen molar-refractivity contribution in [3.63, 3.8) is 0 Å². The summed E-state index contributed by atoms with van der Waals surface area (Å²) in [5, 5.41) is 8.08. The summed E-state index contributed by atoms with van der Waals surface area (Å²) >= 11 is 6.78. The van der Waals surface area contributed by atoms with Gasteiger partial charge in [-0.25, -0.2) is 9.48 Å². The Morgan fingerprint density at radius 3 is 2.35 bits per heavy atom. The van der Waals surface area contributed by atoms with Crippen molar-refractivity contribution in [2.45, 2.75) is 45.3 Å². The Hall–Kier alpha value is -0.630. The van der Waals surface area contributed by atoms with Gasteiger partial charge in [0.05, 0.1) is 6.04 Å². The van der Waals surface area contributed by atoms with Crippen LogP contribution in [-0.4, -0.2) is 44.7 Å². The lowest BCUT2D eigenvalue weighted by Gasteiger charge is -2.33. The quantitative estimate of drug-likeness (QED) is 0.713. The van der Waals surface area contributed by atoms with E-state index in [0.717, 1.165) is 17.4 Å². The topological polar surface area (TPSA) is 60.2 Å². The first-order valence-corrected chi connectivity index (χ1v) is 8.10.